The van der Waals surface area contributed by atoms with E-state index in [0.717, 1.165) is 29.9 Å². The van der Waals surface area contributed by atoms with Crippen LogP contribution in [0.2, 0.25) is 0 Å². The van der Waals surface area contributed by atoms with Gasteiger partial charge in [-0.25, -0.2) is 9.97 Å². The van der Waals surface area contributed by atoms with Crippen LogP contribution in [0.4, 0.5) is 5.82 Å². The molecule has 0 saturated heterocycles. The molecule has 1 amide bonds. The van der Waals surface area contributed by atoms with Crippen LogP contribution in [0.15, 0.2) is 18.3 Å². The lowest BCUT2D eigenvalue weighted by atomic mass is 9.87. The van der Waals surface area contributed by atoms with Crippen LogP contribution < -0.4 is 15.0 Å². The minimum Gasteiger partial charge on any atom is -0.491 e. The van der Waals surface area contributed by atoms with Gasteiger partial charge >= 0.3 is 0 Å². The highest BCUT2D eigenvalue weighted by Gasteiger charge is 2.36. The normalized spacial score (nSPS) is 14.8. The molecule has 8 heteroatoms. The van der Waals surface area contributed by atoms with Gasteiger partial charge in [0.25, 0.3) is 0 Å². The van der Waals surface area contributed by atoms with Gasteiger partial charge in [0.1, 0.15) is 23.9 Å². The van der Waals surface area contributed by atoms with E-state index in [1.165, 1.54) is 0 Å². The fourth-order valence-electron chi connectivity index (χ4n) is 3.85. The molecule has 0 aliphatic heterocycles. The van der Waals surface area contributed by atoms with Gasteiger partial charge in [-0.05, 0) is 45.1 Å². The van der Waals surface area contributed by atoms with Gasteiger partial charge in [-0.15, -0.1) is 0 Å². The lowest BCUT2D eigenvalue weighted by Crippen LogP contribution is -2.45. The average Bonchev–Trinajstić information content (AvgIpc) is 2.99. The van der Waals surface area contributed by atoms with Crippen LogP contribution in [-0.4, -0.2) is 58.3 Å². The van der Waals surface area contributed by atoms with Crippen LogP contribution in [0.1, 0.15) is 52.3 Å². The number of nitrogens with zero attached hydrogens (tertiary/aromatic N) is 4. The first-order chi connectivity index (χ1) is 14.5. The highest BCUT2D eigenvalue weighted by Crippen LogP contribution is 2.43. The number of carbonyl (C=O) groups is 1. The Hall–Kier alpha value is -2.74. The number of aliphatic hydroxyl groups excluding tert-OH is 1. The Morgan fingerprint density at radius 2 is 2.06 bits per heavy atom. The van der Waals surface area contributed by atoms with Crippen molar-refractivity contribution in [3.05, 3.63) is 29.6 Å². The second-order valence-electron chi connectivity index (χ2n) is 9.68. The molecule has 2 aromatic rings. The smallest absolute Gasteiger partial charge is 0.239 e. The Morgan fingerprint density at radius 1 is 1.32 bits per heavy atom. The fraction of sp³-hybridized carbons (Fsp3) is 0.565. The van der Waals surface area contributed by atoms with Crippen LogP contribution in [0, 0.1) is 0 Å². The molecular weight excluding hydrogens is 394 g/mol. The van der Waals surface area contributed by atoms with Crippen molar-refractivity contribution < 1.29 is 14.6 Å². The Bertz CT molecular complexity index is 953. The summed E-state index contributed by atoms with van der Waals surface area (Å²) in [5, 5.41) is 12.0. The number of fused-ring (bicyclic) bond motifs is 1. The molecule has 2 heterocycles. The van der Waals surface area contributed by atoms with E-state index in [4.69, 9.17) is 19.8 Å². The largest absolute Gasteiger partial charge is 0.491 e. The Kier molecular flexibility index (Phi) is 6.50. The summed E-state index contributed by atoms with van der Waals surface area (Å²) < 4.78 is 5.51. The van der Waals surface area contributed by atoms with Gasteiger partial charge in [-0.3, -0.25) is 9.78 Å². The van der Waals surface area contributed by atoms with E-state index in [2.05, 4.69) is 24.1 Å². The molecule has 1 aliphatic rings. The van der Waals surface area contributed by atoms with Crippen molar-refractivity contribution in [1.82, 2.24) is 20.3 Å². The second-order valence-corrected chi connectivity index (χ2v) is 9.68. The molecule has 31 heavy (non-hydrogen) atoms. The van der Waals surface area contributed by atoms with E-state index in [1.807, 2.05) is 32.7 Å². The molecule has 0 spiro atoms. The molecule has 0 radical (unpaired) electrons. The van der Waals surface area contributed by atoms with Crippen LogP contribution in [0.25, 0.3) is 11.5 Å². The number of amides is 1. The summed E-state index contributed by atoms with van der Waals surface area (Å²) in [5.74, 6) is 1.80. The van der Waals surface area contributed by atoms with Crippen molar-refractivity contribution in [1.29, 1.82) is 0 Å². The predicted molar refractivity (Wildman–Crippen MR) is 120 cm³/mol. The number of aromatic nitrogens is 3. The first kappa shape index (κ1) is 22.9. The monoisotopic (exact) mass is 427 g/mol. The first-order valence-electron chi connectivity index (χ1n) is 10.6. The Labute approximate surface area is 184 Å². The molecule has 0 aromatic carbocycles. The summed E-state index contributed by atoms with van der Waals surface area (Å²) in [6.07, 6.45) is 3.47. The third-order valence-electron chi connectivity index (χ3n) is 5.21. The maximum atomic E-state index is 12.6. The summed E-state index contributed by atoms with van der Waals surface area (Å²) in [4.78, 5) is 28.5. The molecule has 0 atom stereocenters. The third-order valence-corrected chi connectivity index (χ3v) is 5.21. The van der Waals surface area contributed by atoms with Crippen LogP contribution in [0.3, 0.4) is 0 Å². The molecule has 2 N–H and O–H groups in total. The number of nitrogens with one attached hydrogen (secondary N) is 1. The van der Waals surface area contributed by atoms with Crippen LogP contribution in [-0.2, 0) is 16.6 Å². The van der Waals surface area contributed by atoms with Crippen LogP contribution >= 0.6 is 0 Å². The number of aryl methyl sites for hydroxylation is 1. The van der Waals surface area contributed by atoms with Crippen molar-refractivity contribution in [2.75, 3.05) is 31.7 Å². The van der Waals surface area contributed by atoms with Gasteiger partial charge < -0.3 is 20.1 Å². The van der Waals surface area contributed by atoms with Gasteiger partial charge in [0.15, 0.2) is 5.82 Å². The molecule has 3 rings (SSSR count). The zero-order chi connectivity index (χ0) is 22.8. The van der Waals surface area contributed by atoms with Gasteiger partial charge in [-0.2, -0.15) is 0 Å². The van der Waals surface area contributed by atoms with E-state index >= 15 is 0 Å². The van der Waals surface area contributed by atoms with E-state index < -0.39 is 0 Å². The quantitative estimate of drug-likeness (QED) is 0.700. The highest BCUT2D eigenvalue weighted by molar-refractivity contribution is 5.82. The highest BCUT2D eigenvalue weighted by atomic mass is 16.5. The first-order valence-corrected chi connectivity index (χ1v) is 10.6. The summed E-state index contributed by atoms with van der Waals surface area (Å²) >= 11 is 0. The third kappa shape index (κ3) is 5.50. The fourth-order valence-corrected chi connectivity index (χ4v) is 3.85. The Morgan fingerprint density at radius 3 is 2.74 bits per heavy atom. The molecule has 0 bridgehead atoms. The number of hydrogen-bond donors (Lipinski definition) is 2. The number of ether oxygens (including phenoxy) is 1. The zero-order valence-electron chi connectivity index (χ0n) is 19.3. The lowest BCUT2D eigenvalue weighted by Gasteiger charge is -2.28. The van der Waals surface area contributed by atoms with Crippen molar-refractivity contribution >= 4 is 11.7 Å². The van der Waals surface area contributed by atoms with Gasteiger partial charge in [-0.1, -0.05) is 13.8 Å². The molecule has 0 fully saturated rings. The summed E-state index contributed by atoms with van der Waals surface area (Å²) in [7, 11) is 1.89. The van der Waals surface area contributed by atoms with Crippen molar-refractivity contribution in [3.8, 4) is 17.3 Å². The van der Waals surface area contributed by atoms with Crippen LogP contribution in [0.5, 0.6) is 5.75 Å². The molecular formula is C23H33N5O3. The van der Waals surface area contributed by atoms with E-state index in [9.17, 15) is 4.79 Å². The number of aliphatic hydroxyl groups is 1. The molecule has 8 nitrogen and oxygen atoms in total. The predicted octanol–water partition coefficient (Wildman–Crippen LogP) is 2.48. The molecule has 1 aliphatic carbocycles. The topological polar surface area (TPSA) is 100 Å². The lowest BCUT2D eigenvalue weighted by molar-refractivity contribution is -0.121. The molecule has 0 unspecified atom stereocenters. The summed E-state index contributed by atoms with van der Waals surface area (Å²) in [5.41, 5.74) is 2.31. The van der Waals surface area contributed by atoms with E-state index in [0.29, 0.717) is 17.3 Å². The van der Waals surface area contributed by atoms with Crippen molar-refractivity contribution in [2.45, 2.75) is 58.4 Å². The summed E-state index contributed by atoms with van der Waals surface area (Å²) in [6, 6.07) is 3.51. The minimum atomic E-state index is -0.297. The number of anilines is 1. The van der Waals surface area contributed by atoms with Gasteiger partial charge in [0, 0.05) is 30.4 Å². The summed E-state index contributed by atoms with van der Waals surface area (Å²) in [6.45, 7) is 10.6. The zero-order valence-corrected chi connectivity index (χ0v) is 19.3. The standard InChI is InChI=1S/C23H33N5O3/c1-22(2,3)27-18(30)14-28(6)21-19-16(7-9-23(19,4)5)25-20(26-21)17-13-15(8-10-24-17)31-12-11-29/h8,10,13,29H,7,9,11-12,14H2,1-6H3,(H,27,30). The number of hydrogen-bond acceptors (Lipinski definition) is 7. The SMILES string of the molecule is CN(CC(=O)NC(C)(C)C)c1nc(-c2cc(OCCO)ccn2)nc2c1C(C)(C)CC2. The van der Waals surface area contributed by atoms with Crippen molar-refractivity contribution in [3.63, 3.8) is 0 Å². The second kappa shape index (κ2) is 8.78. The van der Waals surface area contributed by atoms with Gasteiger partial charge in [0.05, 0.1) is 18.8 Å². The number of pyridine rings is 1. The van der Waals surface area contributed by atoms with E-state index in [1.54, 1.807) is 18.3 Å². The Balaban J connectivity index is 1.99. The average molecular weight is 428 g/mol. The number of likely N-dealkylation sites (N-methyl/N-ethyl adjacent to an activating group) is 1. The maximum Gasteiger partial charge on any atom is 0.239 e. The molecule has 168 valence electrons. The molecule has 2 aromatic heterocycles. The molecule has 0 saturated carbocycles. The number of rotatable bonds is 7. The van der Waals surface area contributed by atoms with Gasteiger partial charge in [0.2, 0.25) is 5.91 Å². The van der Waals surface area contributed by atoms with Crippen molar-refractivity contribution in [2.24, 2.45) is 0 Å². The van der Waals surface area contributed by atoms with E-state index in [-0.39, 0.29) is 36.6 Å². The number of carbonyl (C=O) groups excluding carboxylic acids is 1. The minimum absolute atomic E-state index is 0.0581. The maximum absolute atomic E-state index is 12.6.